The SMILES string of the molecule is Cn1cc(-c2ccc3c(ccn3-c3[c]c(OC(F)(F)F)ccc3)c2)c2c(N)ncnc21. The second kappa shape index (κ2) is 6.76. The first-order chi connectivity index (χ1) is 14.8. The molecule has 5 rings (SSSR count). The van der Waals surface area contributed by atoms with Crippen molar-refractivity contribution in [3.63, 3.8) is 0 Å². The van der Waals surface area contributed by atoms with E-state index in [0.717, 1.165) is 33.1 Å². The summed E-state index contributed by atoms with van der Waals surface area (Å²) < 4.78 is 45.3. The summed E-state index contributed by atoms with van der Waals surface area (Å²) >= 11 is 0. The molecule has 3 aromatic heterocycles. The Kier molecular flexibility index (Phi) is 4.14. The number of halogens is 3. The Labute approximate surface area is 174 Å². The molecule has 0 saturated carbocycles. The van der Waals surface area contributed by atoms with E-state index in [-0.39, 0.29) is 0 Å². The van der Waals surface area contributed by atoms with Gasteiger partial charge in [0, 0.05) is 30.4 Å². The van der Waals surface area contributed by atoms with E-state index < -0.39 is 12.1 Å². The van der Waals surface area contributed by atoms with E-state index in [1.54, 1.807) is 16.8 Å². The van der Waals surface area contributed by atoms with Crippen molar-refractivity contribution in [1.82, 2.24) is 19.1 Å². The number of hydrogen-bond acceptors (Lipinski definition) is 4. The molecule has 0 aliphatic heterocycles. The van der Waals surface area contributed by atoms with Crippen molar-refractivity contribution in [2.24, 2.45) is 7.05 Å². The fraction of sp³-hybridized carbons (Fsp3) is 0.0909. The Morgan fingerprint density at radius 1 is 1.10 bits per heavy atom. The normalized spacial score (nSPS) is 12.0. The Bertz CT molecular complexity index is 1430. The van der Waals surface area contributed by atoms with Crippen molar-refractivity contribution < 1.29 is 17.9 Å². The van der Waals surface area contributed by atoms with Crippen LogP contribution in [0.15, 0.2) is 61.2 Å². The van der Waals surface area contributed by atoms with Gasteiger partial charge in [0.25, 0.3) is 0 Å². The van der Waals surface area contributed by atoms with Gasteiger partial charge in [-0.25, -0.2) is 9.97 Å². The maximum Gasteiger partial charge on any atom is 0.573 e. The fourth-order valence-electron chi connectivity index (χ4n) is 3.73. The maximum atomic E-state index is 12.5. The molecule has 31 heavy (non-hydrogen) atoms. The van der Waals surface area contributed by atoms with Crippen LogP contribution in [-0.2, 0) is 7.05 Å². The minimum atomic E-state index is -4.77. The highest BCUT2D eigenvalue weighted by molar-refractivity contribution is 6.02. The zero-order valence-electron chi connectivity index (χ0n) is 16.2. The maximum absolute atomic E-state index is 12.5. The van der Waals surface area contributed by atoms with Crippen LogP contribution in [0.25, 0.3) is 38.8 Å². The first-order valence-corrected chi connectivity index (χ1v) is 9.25. The van der Waals surface area contributed by atoms with Crippen LogP contribution in [0.5, 0.6) is 5.75 Å². The zero-order valence-corrected chi connectivity index (χ0v) is 16.2. The predicted molar refractivity (Wildman–Crippen MR) is 111 cm³/mol. The highest BCUT2D eigenvalue weighted by atomic mass is 19.4. The number of alkyl halides is 3. The number of nitrogens with zero attached hydrogens (tertiary/aromatic N) is 4. The Balaban J connectivity index is 1.59. The Morgan fingerprint density at radius 2 is 1.94 bits per heavy atom. The van der Waals surface area contributed by atoms with E-state index in [9.17, 15) is 13.2 Å². The first kappa shape index (κ1) is 19.0. The first-order valence-electron chi connectivity index (χ1n) is 9.25. The third kappa shape index (κ3) is 3.33. The number of aryl methyl sites for hydroxylation is 1. The molecule has 2 aromatic carbocycles. The molecule has 5 aromatic rings. The summed E-state index contributed by atoms with van der Waals surface area (Å²) in [5.74, 6) is 0.00375. The number of rotatable bonds is 3. The van der Waals surface area contributed by atoms with Crippen LogP contribution < -0.4 is 10.5 Å². The molecule has 0 atom stereocenters. The summed E-state index contributed by atoms with van der Waals surface area (Å²) in [4.78, 5) is 8.40. The molecule has 9 heteroatoms. The highest BCUT2D eigenvalue weighted by Crippen LogP contribution is 2.34. The molecule has 0 amide bonds. The average Bonchev–Trinajstić information content (AvgIpc) is 3.29. The van der Waals surface area contributed by atoms with Crippen molar-refractivity contribution in [3.05, 3.63) is 67.3 Å². The highest BCUT2D eigenvalue weighted by Gasteiger charge is 2.31. The quantitative estimate of drug-likeness (QED) is 0.451. The number of anilines is 1. The molecule has 0 unspecified atom stereocenters. The van der Waals surface area contributed by atoms with Crippen molar-refractivity contribution in [3.8, 4) is 22.6 Å². The molecule has 6 nitrogen and oxygen atoms in total. The van der Waals surface area contributed by atoms with Gasteiger partial charge in [0.1, 0.15) is 23.5 Å². The molecule has 1 radical (unpaired) electrons. The van der Waals surface area contributed by atoms with Gasteiger partial charge in [-0.05, 0) is 35.9 Å². The molecule has 3 heterocycles. The van der Waals surface area contributed by atoms with Gasteiger partial charge in [-0.2, -0.15) is 0 Å². The summed E-state index contributed by atoms with van der Waals surface area (Å²) in [5.41, 5.74) is 9.90. The van der Waals surface area contributed by atoms with E-state index >= 15 is 0 Å². The van der Waals surface area contributed by atoms with Gasteiger partial charge in [0.2, 0.25) is 0 Å². The van der Waals surface area contributed by atoms with Gasteiger partial charge in [0.05, 0.1) is 22.7 Å². The number of hydrogen-bond donors (Lipinski definition) is 1. The van der Waals surface area contributed by atoms with E-state index in [4.69, 9.17) is 5.73 Å². The third-order valence-corrected chi connectivity index (χ3v) is 5.02. The number of benzene rings is 2. The van der Waals surface area contributed by atoms with Gasteiger partial charge in [-0.1, -0.05) is 12.1 Å². The molecular formula is C22H15F3N5O. The smallest absolute Gasteiger partial charge is 0.405 e. The summed E-state index contributed by atoms with van der Waals surface area (Å²) in [7, 11) is 1.89. The molecule has 0 bridgehead atoms. The van der Waals surface area contributed by atoms with Gasteiger partial charge >= 0.3 is 6.36 Å². The van der Waals surface area contributed by atoms with Crippen LogP contribution >= 0.6 is 0 Å². The molecule has 0 spiro atoms. The molecule has 0 aliphatic carbocycles. The van der Waals surface area contributed by atoms with Crippen LogP contribution in [0.4, 0.5) is 19.0 Å². The number of fused-ring (bicyclic) bond motifs is 2. The Hall–Kier alpha value is -4.01. The molecule has 0 saturated heterocycles. The third-order valence-electron chi connectivity index (χ3n) is 5.02. The zero-order chi connectivity index (χ0) is 21.8. The van der Waals surface area contributed by atoms with Crippen LogP contribution in [-0.4, -0.2) is 25.5 Å². The summed E-state index contributed by atoms with van der Waals surface area (Å²) in [6, 6.07) is 14.7. The van der Waals surface area contributed by atoms with Crippen molar-refractivity contribution in [1.29, 1.82) is 0 Å². The molecule has 155 valence electrons. The van der Waals surface area contributed by atoms with Crippen molar-refractivity contribution in [2.45, 2.75) is 6.36 Å². The average molecular weight is 422 g/mol. The van der Waals surface area contributed by atoms with Crippen LogP contribution in [0.1, 0.15) is 0 Å². The van der Waals surface area contributed by atoms with Crippen molar-refractivity contribution >= 4 is 27.8 Å². The van der Waals surface area contributed by atoms with E-state index in [0.29, 0.717) is 11.5 Å². The topological polar surface area (TPSA) is 70.9 Å². The monoisotopic (exact) mass is 422 g/mol. The number of aromatic nitrogens is 4. The van der Waals surface area contributed by atoms with E-state index in [1.807, 2.05) is 42.1 Å². The number of nitrogen functional groups attached to an aromatic ring is 1. The summed E-state index contributed by atoms with van der Waals surface area (Å²) in [5, 5.41) is 1.68. The lowest BCUT2D eigenvalue weighted by atomic mass is 10.0. The summed E-state index contributed by atoms with van der Waals surface area (Å²) in [6.45, 7) is 0. The molecule has 2 N–H and O–H groups in total. The second-order valence-corrected chi connectivity index (χ2v) is 7.02. The fourth-order valence-corrected chi connectivity index (χ4v) is 3.73. The van der Waals surface area contributed by atoms with Gasteiger partial charge in [-0.15, -0.1) is 13.2 Å². The number of ether oxygens (including phenoxy) is 1. The number of nitrogens with two attached hydrogens (primary N) is 1. The molecule has 0 fully saturated rings. The van der Waals surface area contributed by atoms with E-state index in [2.05, 4.69) is 20.8 Å². The second-order valence-electron chi connectivity index (χ2n) is 7.02. The molecule has 0 aliphatic rings. The lowest BCUT2D eigenvalue weighted by Crippen LogP contribution is -2.17. The lowest BCUT2D eigenvalue weighted by Gasteiger charge is -2.11. The standard InChI is InChI=1S/C22H15F3N5O/c1-29-11-17(19-20(26)27-12-28-21(19)29)13-5-6-18-14(9-13)7-8-30(18)15-3-2-4-16(10-15)31-22(23,24)25/h2-9,11-12H,1H3,(H2,26,27,28). The van der Waals surface area contributed by atoms with Crippen LogP contribution in [0.2, 0.25) is 0 Å². The lowest BCUT2D eigenvalue weighted by molar-refractivity contribution is -0.274. The van der Waals surface area contributed by atoms with E-state index in [1.165, 1.54) is 18.5 Å². The van der Waals surface area contributed by atoms with Gasteiger partial charge < -0.3 is 19.6 Å². The predicted octanol–water partition coefficient (Wildman–Crippen LogP) is 4.86. The minimum absolute atomic E-state index is 0.394. The summed E-state index contributed by atoms with van der Waals surface area (Å²) in [6.07, 6.45) is 0.377. The van der Waals surface area contributed by atoms with Crippen LogP contribution in [0.3, 0.4) is 0 Å². The molecular weight excluding hydrogens is 407 g/mol. The van der Waals surface area contributed by atoms with Gasteiger partial charge in [-0.3, -0.25) is 0 Å². The van der Waals surface area contributed by atoms with Gasteiger partial charge in [0.15, 0.2) is 0 Å². The van der Waals surface area contributed by atoms with Crippen molar-refractivity contribution in [2.75, 3.05) is 5.73 Å². The minimum Gasteiger partial charge on any atom is -0.405 e. The largest absolute Gasteiger partial charge is 0.573 e. The van der Waals surface area contributed by atoms with Crippen LogP contribution in [0, 0.1) is 6.07 Å². The Morgan fingerprint density at radius 3 is 2.74 bits per heavy atom.